The SMILES string of the molecule is CC(=O)CCC(c1ccccc1)c1cc(C#N)c(C#N)cc1C#N. The van der Waals surface area contributed by atoms with Crippen LogP contribution in [0.4, 0.5) is 0 Å². The number of hydrogen-bond acceptors (Lipinski definition) is 4. The van der Waals surface area contributed by atoms with Crippen LogP contribution in [0.15, 0.2) is 42.5 Å². The quantitative estimate of drug-likeness (QED) is 0.839. The maximum atomic E-state index is 11.4. The second-order valence-electron chi connectivity index (χ2n) is 5.52. The highest BCUT2D eigenvalue weighted by Crippen LogP contribution is 2.33. The van der Waals surface area contributed by atoms with E-state index in [0.717, 1.165) is 5.56 Å². The molecule has 116 valence electrons. The lowest BCUT2D eigenvalue weighted by atomic mass is 9.83. The number of rotatable bonds is 5. The lowest BCUT2D eigenvalue weighted by Gasteiger charge is -2.19. The molecule has 4 heteroatoms. The van der Waals surface area contributed by atoms with Gasteiger partial charge in [0, 0.05) is 12.3 Å². The Hall–Kier alpha value is -3.42. The molecule has 0 amide bonds. The predicted molar refractivity (Wildman–Crippen MR) is 88.8 cm³/mol. The number of nitriles is 3. The fourth-order valence-electron chi connectivity index (χ4n) is 2.72. The summed E-state index contributed by atoms with van der Waals surface area (Å²) in [5, 5.41) is 27.9. The summed E-state index contributed by atoms with van der Waals surface area (Å²) in [7, 11) is 0. The molecule has 0 fully saturated rings. The monoisotopic (exact) mass is 313 g/mol. The molecule has 0 aliphatic heterocycles. The highest BCUT2D eigenvalue weighted by atomic mass is 16.1. The standard InChI is InChI=1S/C20H15N3O/c1-14(24)7-8-19(15-5-3-2-4-6-15)20-10-17(12-22)16(11-21)9-18(20)13-23/h2-6,9-10,19H,7-8H2,1H3. The fraction of sp³-hybridized carbons (Fsp3) is 0.200. The number of carbonyl (C=O) groups excluding carboxylic acids is 1. The van der Waals surface area contributed by atoms with Gasteiger partial charge in [0.15, 0.2) is 0 Å². The molecule has 0 saturated carbocycles. The zero-order valence-electron chi connectivity index (χ0n) is 13.3. The lowest BCUT2D eigenvalue weighted by Crippen LogP contribution is -2.07. The predicted octanol–water partition coefficient (Wildman–Crippen LogP) is 3.80. The maximum absolute atomic E-state index is 11.4. The van der Waals surface area contributed by atoms with Gasteiger partial charge in [-0.05, 0) is 36.6 Å². The van der Waals surface area contributed by atoms with Crippen LogP contribution in [-0.2, 0) is 4.79 Å². The molecule has 0 aromatic heterocycles. The van der Waals surface area contributed by atoms with Gasteiger partial charge in [0.1, 0.15) is 17.9 Å². The molecule has 0 aliphatic rings. The van der Waals surface area contributed by atoms with Crippen LogP contribution >= 0.6 is 0 Å². The Morgan fingerprint density at radius 3 is 2.08 bits per heavy atom. The summed E-state index contributed by atoms with van der Waals surface area (Å²) in [4.78, 5) is 11.4. The van der Waals surface area contributed by atoms with Crippen LogP contribution in [0.3, 0.4) is 0 Å². The van der Waals surface area contributed by atoms with E-state index in [4.69, 9.17) is 5.26 Å². The molecule has 0 heterocycles. The minimum atomic E-state index is -0.176. The second kappa shape index (κ2) is 7.73. The Bertz CT molecular complexity index is 880. The van der Waals surface area contributed by atoms with Gasteiger partial charge in [-0.25, -0.2) is 0 Å². The third-order valence-corrected chi connectivity index (χ3v) is 3.91. The first-order valence-electron chi connectivity index (χ1n) is 7.53. The molecular weight excluding hydrogens is 298 g/mol. The molecule has 1 atom stereocenters. The fourth-order valence-corrected chi connectivity index (χ4v) is 2.72. The van der Waals surface area contributed by atoms with Crippen molar-refractivity contribution in [1.82, 2.24) is 0 Å². The zero-order valence-corrected chi connectivity index (χ0v) is 13.3. The number of carbonyl (C=O) groups is 1. The Morgan fingerprint density at radius 2 is 1.54 bits per heavy atom. The highest BCUT2D eigenvalue weighted by Gasteiger charge is 2.20. The van der Waals surface area contributed by atoms with E-state index in [-0.39, 0.29) is 22.8 Å². The van der Waals surface area contributed by atoms with E-state index in [2.05, 4.69) is 6.07 Å². The molecule has 24 heavy (non-hydrogen) atoms. The Morgan fingerprint density at radius 1 is 0.958 bits per heavy atom. The smallest absolute Gasteiger partial charge is 0.129 e. The van der Waals surface area contributed by atoms with E-state index in [1.807, 2.05) is 42.5 Å². The van der Waals surface area contributed by atoms with Crippen molar-refractivity contribution >= 4 is 5.78 Å². The number of ketones is 1. The summed E-state index contributed by atoms with van der Waals surface area (Å²) < 4.78 is 0. The second-order valence-corrected chi connectivity index (χ2v) is 5.52. The van der Waals surface area contributed by atoms with E-state index >= 15 is 0 Å². The van der Waals surface area contributed by atoms with Gasteiger partial charge in [-0.3, -0.25) is 0 Å². The van der Waals surface area contributed by atoms with Gasteiger partial charge in [0.25, 0.3) is 0 Å². The molecule has 0 N–H and O–H groups in total. The molecular formula is C20H15N3O. The van der Waals surface area contributed by atoms with Gasteiger partial charge in [-0.15, -0.1) is 0 Å². The summed E-state index contributed by atoms with van der Waals surface area (Å²) in [6, 6.07) is 18.7. The van der Waals surface area contributed by atoms with Crippen molar-refractivity contribution in [3.63, 3.8) is 0 Å². The Balaban J connectivity index is 2.62. The van der Waals surface area contributed by atoms with E-state index in [9.17, 15) is 15.3 Å². The minimum Gasteiger partial charge on any atom is -0.300 e. The van der Waals surface area contributed by atoms with Crippen molar-refractivity contribution in [3.05, 3.63) is 70.3 Å². The van der Waals surface area contributed by atoms with E-state index in [1.54, 1.807) is 6.07 Å². The topological polar surface area (TPSA) is 88.4 Å². The van der Waals surface area contributed by atoms with Crippen molar-refractivity contribution < 1.29 is 4.79 Å². The van der Waals surface area contributed by atoms with Gasteiger partial charge in [-0.2, -0.15) is 15.8 Å². The van der Waals surface area contributed by atoms with Gasteiger partial charge < -0.3 is 4.79 Å². The molecule has 0 radical (unpaired) electrons. The van der Waals surface area contributed by atoms with Crippen molar-refractivity contribution in [1.29, 1.82) is 15.8 Å². The molecule has 0 saturated heterocycles. The van der Waals surface area contributed by atoms with Crippen LogP contribution in [0.5, 0.6) is 0 Å². The van der Waals surface area contributed by atoms with Crippen LogP contribution in [0, 0.1) is 34.0 Å². The highest BCUT2D eigenvalue weighted by molar-refractivity contribution is 5.75. The molecule has 2 rings (SSSR count). The maximum Gasteiger partial charge on any atom is 0.129 e. The van der Waals surface area contributed by atoms with Crippen LogP contribution in [0.2, 0.25) is 0 Å². The summed E-state index contributed by atoms with van der Waals surface area (Å²) in [6.45, 7) is 1.53. The first-order valence-corrected chi connectivity index (χ1v) is 7.53. The number of hydrogen-bond donors (Lipinski definition) is 0. The number of nitrogens with zero attached hydrogens (tertiary/aromatic N) is 3. The van der Waals surface area contributed by atoms with E-state index < -0.39 is 0 Å². The van der Waals surface area contributed by atoms with Crippen molar-refractivity contribution in [2.45, 2.75) is 25.7 Å². The first kappa shape index (κ1) is 16.9. The van der Waals surface area contributed by atoms with Crippen LogP contribution in [0.25, 0.3) is 0 Å². The Labute approximate surface area is 141 Å². The number of Topliss-reactive ketones (excluding diaryl/α,β-unsaturated/α-hetero) is 1. The minimum absolute atomic E-state index is 0.0728. The zero-order chi connectivity index (χ0) is 17.5. The third-order valence-electron chi connectivity index (χ3n) is 3.91. The molecule has 0 aliphatic carbocycles. The summed E-state index contributed by atoms with van der Waals surface area (Å²) in [5.74, 6) is -0.104. The normalized spacial score (nSPS) is 10.9. The number of benzene rings is 2. The van der Waals surface area contributed by atoms with E-state index in [1.165, 1.54) is 13.0 Å². The van der Waals surface area contributed by atoms with Crippen molar-refractivity contribution in [2.75, 3.05) is 0 Å². The van der Waals surface area contributed by atoms with Crippen molar-refractivity contribution in [3.8, 4) is 18.2 Å². The molecule has 0 bridgehead atoms. The van der Waals surface area contributed by atoms with Gasteiger partial charge in [-0.1, -0.05) is 30.3 Å². The van der Waals surface area contributed by atoms with E-state index in [0.29, 0.717) is 24.0 Å². The van der Waals surface area contributed by atoms with Gasteiger partial charge >= 0.3 is 0 Å². The molecule has 4 nitrogen and oxygen atoms in total. The average molecular weight is 313 g/mol. The van der Waals surface area contributed by atoms with Crippen LogP contribution in [0.1, 0.15) is 53.5 Å². The van der Waals surface area contributed by atoms with Gasteiger partial charge in [0.2, 0.25) is 0 Å². The largest absolute Gasteiger partial charge is 0.300 e. The summed E-state index contributed by atoms with van der Waals surface area (Å²) in [6.07, 6.45) is 0.928. The lowest BCUT2D eigenvalue weighted by molar-refractivity contribution is -0.117. The molecule has 2 aromatic carbocycles. The third kappa shape index (κ3) is 3.67. The van der Waals surface area contributed by atoms with Crippen LogP contribution in [-0.4, -0.2) is 5.78 Å². The molecule has 1 unspecified atom stereocenters. The van der Waals surface area contributed by atoms with Gasteiger partial charge in [0.05, 0.1) is 22.8 Å². The molecule has 0 spiro atoms. The Kier molecular flexibility index (Phi) is 5.45. The first-order chi connectivity index (χ1) is 11.6. The van der Waals surface area contributed by atoms with Crippen LogP contribution < -0.4 is 0 Å². The summed E-state index contributed by atoms with van der Waals surface area (Å²) >= 11 is 0. The van der Waals surface area contributed by atoms with Crippen molar-refractivity contribution in [2.24, 2.45) is 0 Å². The molecule has 2 aromatic rings. The summed E-state index contributed by atoms with van der Waals surface area (Å²) in [5.41, 5.74) is 2.46. The average Bonchev–Trinajstić information content (AvgIpc) is 2.61.